The standard InChI is InChI=1S/C21H24FN3O4/c1-3-23-21(26)28-11-10-15(14-6-4-7-16(22)12-14)13-24-20-19-17(27-2)8-5-9-18(19)29-25-20/h4-9,12,15H,3,10-11,13H2,1-2H3,(H,23,26)(H,24,25). The minimum atomic E-state index is -0.467. The Bertz CT molecular complexity index is 960. The van der Waals surface area contributed by atoms with Crippen molar-refractivity contribution in [3.05, 3.63) is 53.8 Å². The molecule has 8 heteroatoms. The first-order chi connectivity index (χ1) is 14.1. The van der Waals surface area contributed by atoms with Crippen molar-refractivity contribution in [2.24, 2.45) is 0 Å². The third-order valence-corrected chi connectivity index (χ3v) is 4.54. The number of fused-ring (bicyclic) bond motifs is 1. The molecule has 0 spiro atoms. The predicted molar refractivity (Wildman–Crippen MR) is 108 cm³/mol. The van der Waals surface area contributed by atoms with Gasteiger partial charge in [-0.15, -0.1) is 0 Å². The summed E-state index contributed by atoms with van der Waals surface area (Å²) in [7, 11) is 1.58. The molecule has 3 rings (SSSR count). The van der Waals surface area contributed by atoms with Crippen LogP contribution in [0, 0.1) is 5.82 Å². The summed E-state index contributed by atoms with van der Waals surface area (Å²) in [6, 6.07) is 11.9. The van der Waals surface area contributed by atoms with Crippen LogP contribution >= 0.6 is 0 Å². The second kappa shape index (κ2) is 9.77. The van der Waals surface area contributed by atoms with Gasteiger partial charge in [-0.25, -0.2) is 9.18 Å². The number of benzene rings is 2. The molecule has 2 aromatic carbocycles. The molecule has 2 N–H and O–H groups in total. The van der Waals surface area contributed by atoms with Gasteiger partial charge >= 0.3 is 6.09 Å². The van der Waals surface area contributed by atoms with Crippen LogP contribution in [0.15, 0.2) is 47.0 Å². The summed E-state index contributed by atoms with van der Waals surface area (Å²) in [5, 5.41) is 10.7. The zero-order chi connectivity index (χ0) is 20.6. The first-order valence-electron chi connectivity index (χ1n) is 9.44. The van der Waals surface area contributed by atoms with Crippen molar-refractivity contribution in [1.29, 1.82) is 0 Å². The number of amides is 1. The number of nitrogens with one attached hydrogen (secondary N) is 2. The lowest BCUT2D eigenvalue weighted by Crippen LogP contribution is -2.25. The minimum Gasteiger partial charge on any atom is -0.496 e. The third kappa shape index (κ3) is 5.16. The average molecular weight is 401 g/mol. The van der Waals surface area contributed by atoms with Gasteiger partial charge in [0.25, 0.3) is 0 Å². The lowest BCUT2D eigenvalue weighted by Gasteiger charge is -2.18. The number of hydrogen-bond donors (Lipinski definition) is 2. The monoisotopic (exact) mass is 401 g/mol. The highest BCUT2D eigenvalue weighted by atomic mass is 19.1. The number of aromatic nitrogens is 1. The largest absolute Gasteiger partial charge is 0.496 e. The second-order valence-corrected chi connectivity index (χ2v) is 6.45. The topological polar surface area (TPSA) is 85.6 Å². The average Bonchev–Trinajstić information content (AvgIpc) is 3.14. The van der Waals surface area contributed by atoms with E-state index >= 15 is 0 Å². The van der Waals surface area contributed by atoms with E-state index in [2.05, 4.69) is 15.8 Å². The minimum absolute atomic E-state index is 0.110. The Morgan fingerprint density at radius 2 is 2.10 bits per heavy atom. The smallest absolute Gasteiger partial charge is 0.407 e. The van der Waals surface area contributed by atoms with Crippen LogP contribution in [-0.2, 0) is 4.74 Å². The van der Waals surface area contributed by atoms with E-state index in [1.165, 1.54) is 12.1 Å². The van der Waals surface area contributed by atoms with Gasteiger partial charge in [-0.1, -0.05) is 23.4 Å². The maximum absolute atomic E-state index is 13.7. The highest BCUT2D eigenvalue weighted by Gasteiger charge is 2.17. The van der Waals surface area contributed by atoms with E-state index in [9.17, 15) is 9.18 Å². The van der Waals surface area contributed by atoms with Gasteiger partial charge in [0.15, 0.2) is 11.4 Å². The molecule has 0 aliphatic heterocycles. The molecule has 0 bridgehead atoms. The van der Waals surface area contributed by atoms with Crippen molar-refractivity contribution < 1.29 is 23.2 Å². The van der Waals surface area contributed by atoms with Gasteiger partial charge < -0.3 is 24.6 Å². The number of alkyl carbamates (subject to hydrolysis) is 1. The molecular weight excluding hydrogens is 377 g/mol. The Morgan fingerprint density at radius 1 is 1.28 bits per heavy atom. The molecule has 0 aliphatic carbocycles. The maximum Gasteiger partial charge on any atom is 0.407 e. The fraction of sp³-hybridized carbons (Fsp3) is 0.333. The van der Waals surface area contributed by atoms with Gasteiger partial charge in [0, 0.05) is 19.0 Å². The Balaban J connectivity index is 1.74. The van der Waals surface area contributed by atoms with E-state index in [4.69, 9.17) is 14.0 Å². The molecule has 7 nitrogen and oxygen atoms in total. The highest BCUT2D eigenvalue weighted by molar-refractivity contribution is 5.93. The highest BCUT2D eigenvalue weighted by Crippen LogP contribution is 2.32. The van der Waals surface area contributed by atoms with E-state index in [1.807, 2.05) is 25.1 Å². The number of carbonyl (C=O) groups excluding carboxylic acids is 1. The first-order valence-corrected chi connectivity index (χ1v) is 9.44. The Kier molecular flexibility index (Phi) is 6.89. The van der Waals surface area contributed by atoms with Crippen molar-refractivity contribution in [2.45, 2.75) is 19.3 Å². The van der Waals surface area contributed by atoms with Gasteiger partial charge in [-0.05, 0) is 43.2 Å². The zero-order valence-corrected chi connectivity index (χ0v) is 16.4. The molecule has 154 valence electrons. The van der Waals surface area contributed by atoms with Crippen LogP contribution in [0.5, 0.6) is 5.75 Å². The second-order valence-electron chi connectivity index (χ2n) is 6.45. The molecule has 0 radical (unpaired) electrons. The summed E-state index contributed by atoms with van der Waals surface area (Å²) >= 11 is 0. The molecule has 3 aromatic rings. The van der Waals surface area contributed by atoms with Gasteiger partial charge in [-0.3, -0.25) is 0 Å². The molecule has 1 heterocycles. The van der Waals surface area contributed by atoms with E-state index in [1.54, 1.807) is 19.2 Å². The number of nitrogens with zero attached hydrogens (tertiary/aromatic N) is 1. The Labute approximate surface area is 168 Å². The number of anilines is 1. The fourth-order valence-electron chi connectivity index (χ4n) is 3.11. The molecule has 0 fully saturated rings. The van der Waals surface area contributed by atoms with Crippen molar-refractivity contribution in [3.63, 3.8) is 0 Å². The lowest BCUT2D eigenvalue weighted by molar-refractivity contribution is 0.143. The van der Waals surface area contributed by atoms with E-state index < -0.39 is 6.09 Å². The Hall–Kier alpha value is -3.29. The SMILES string of the molecule is CCNC(=O)OCCC(CNc1noc2cccc(OC)c12)c1cccc(F)c1. The summed E-state index contributed by atoms with van der Waals surface area (Å²) in [6.45, 7) is 2.96. The van der Waals surface area contributed by atoms with Gasteiger partial charge in [0.2, 0.25) is 0 Å². The number of halogens is 1. The molecule has 1 atom stereocenters. The number of methoxy groups -OCH3 is 1. The zero-order valence-electron chi connectivity index (χ0n) is 16.4. The van der Waals surface area contributed by atoms with Crippen LogP contribution in [0.4, 0.5) is 15.0 Å². The maximum atomic E-state index is 13.7. The van der Waals surface area contributed by atoms with E-state index in [-0.39, 0.29) is 18.3 Å². The van der Waals surface area contributed by atoms with Gasteiger partial charge in [-0.2, -0.15) is 0 Å². The van der Waals surface area contributed by atoms with Crippen LogP contribution in [-0.4, -0.2) is 38.1 Å². The molecule has 0 saturated carbocycles. The van der Waals surface area contributed by atoms with Crippen LogP contribution in [0.1, 0.15) is 24.8 Å². The number of carbonyl (C=O) groups is 1. The van der Waals surface area contributed by atoms with Crippen molar-refractivity contribution >= 4 is 22.9 Å². The van der Waals surface area contributed by atoms with Crippen molar-refractivity contribution in [2.75, 3.05) is 32.1 Å². The molecular formula is C21H24FN3O4. The molecule has 1 amide bonds. The van der Waals surface area contributed by atoms with Crippen LogP contribution in [0.2, 0.25) is 0 Å². The van der Waals surface area contributed by atoms with Crippen molar-refractivity contribution in [3.8, 4) is 5.75 Å². The Morgan fingerprint density at radius 3 is 2.86 bits per heavy atom. The summed E-state index contributed by atoms with van der Waals surface area (Å²) < 4.78 is 29.7. The van der Waals surface area contributed by atoms with Crippen LogP contribution < -0.4 is 15.4 Å². The molecule has 1 aromatic heterocycles. The molecule has 0 aliphatic rings. The molecule has 29 heavy (non-hydrogen) atoms. The van der Waals surface area contributed by atoms with Crippen LogP contribution in [0.25, 0.3) is 11.0 Å². The summed E-state index contributed by atoms with van der Waals surface area (Å²) in [6.07, 6.45) is 0.0474. The summed E-state index contributed by atoms with van der Waals surface area (Å²) in [5.41, 5.74) is 1.41. The molecule has 1 unspecified atom stereocenters. The number of ether oxygens (including phenoxy) is 2. The van der Waals surface area contributed by atoms with Gasteiger partial charge in [0.1, 0.15) is 17.0 Å². The predicted octanol–water partition coefficient (Wildman–Crippen LogP) is 4.31. The van der Waals surface area contributed by atoms with Crippen molar-refractivity contribution in [1.82, 2.24) is 10.5 Å². The quantitative estimate of drug-likeness (QED) is 0.556. The normalized spacial score (nSPS) is 11.8. The lowest BCUT2D eigenvalue weighted by atomic mass is 9.96. The van der Waals surface area contributed by atoms with E-state index in [0.717, 1.165) is 10.9 Å². The fourth-order valence-corrected chi connectivity index (χ4v) is 3.11. The summed E-state index contributed by atoms with van der Waals surface area (Å²) in [5.74, 6) is 0.768. The molecule has 0 saturated heterocycles. The van der Waals surface area contributed by atoms with Crippen LogP contribution in [0.3, 0.4) is 0 Å². The summed E-state index contributed by atoms with van der Waals surface area (Å²) in [4.78, 5) is 11.5. The van der Waals surface area contributed by atoms with Gasteiger partial charge in [0.05, 0.1) is 13.7 Å². The number of rotatable bonds is 9. The first kappa shape index (κ1) is 20.4. The number of hydrogen-bond acceptors (Lipinski definition) is 6. The van der Waals surface area contributed by atoms with E-state index in [0.29, 0.717) is 36.7 Å². The third-order valence-electron chi connectivity index (χ3n) is 4.54.